The highest BCUT2D eigenvalue weighted by atomic mass is 35.5. The number of alkyl halides is 3. The summed E-state index contributed by atoms with van der Waals surface area (Å²) in [6, 6.07) is 20.5. The number of aryl methyl sites for hydroxylation is 3. The molecule has 472 valence electrons. The fourth-order valence-electron chi connectivity index (χ4n) is 10.8. The SMILES string of the molecule is CP(C)(=O)c1ccc(Nc2cnc3c(n2)N(Cc2cccnc2Cl)CCC3)cn1.FC(F)(F)c1ccc(Cl)c(CN2CCCCc3ncc(Nc4ccc(N5CCCC5)cn4)nc32)c1.Fc1ccc(F)c(CN2CCCc3ncc(Oc4cccnc4)nc32)c1Cl. The Morgan fingerprint density at radius 1 is 0.571 bits per heavy atom. The highest BCUT2D eigenvalue weighted by Crippen LogP contribution is 2.37. The summed E-state index contributed by atoms with van der Waals surface area (Å²) < 4.78 is 85.5. The summed E-state index contributed by atoms with van der Waals surface area (Å²) in [4.78, 5) is 53.0. The van der Waals surface area contributed by atoms with Crippen LogP contribution in [0.2, 0.25) is 15.2 Å². The van der Waals surface area contributed by atoms with Gasteiger partial charge < -0.3 is 39.5 Å². The second-order valence-corrected chi connectivity index (χ2v) is 26.7. The molecule has 1 saturated heterocycles. The Bertz CT molecular complexity index is 4040. The van der Waals surface area contributed by atoms with E-state index < -0.39 is 30.5 Å². The van der Waals surface area contributed by atoms with E-state index in [1.54, 1.807) is 74.9 Å². The van der Waals surface area contributed by atoms with Crippen molar-refractivity contribution in [3.05, 3.63) is 195 Å². The zero-order valence-corrected chi connectivity index (χ0v) is 52.9. The number of hydrogen-bond donors (Lipinski definition) is 2. The highest BCUT2D eigenvalue weighted by molar-refractivity contribution is 7.69. The predicted octanol–water partition coefficient (Wildman–Crippen LogP) is 14.6. The number of nitrogens with zero attached hydrogens (tertiary/aromatic N) is 14. The average Bonchev–Trinajstić information content (AvgIpc) is 1.47. The number of nitrogens with one attached hydrogen (secondary N) is 2. The molecule has 0 spiro atoms. The number of anilines is 8. The fourth-order valence-corrected chi connectivity index (χ4v) is 12.2. The number of benzene rings is 2. The van der Waals surface area contributed by atoms with Crippen molar-refractivity contribution in [2.75, 3.05) is 76.3 Å². The van der Waals surface area contributed by atoms with Crippen LogP contribution in [0.25, 0.3) is 0 Å². The summed E-state index contributed by atoms with van der Waals surface area (Å²) in [6.45, 7) is 8.64. The van der Waals surface area contributed by atoms with Crippen LogP contribution in [0, 0.1) is 11.6 Å². The number of halogens is 8. The average molecular weight is 1320 g/mol. The first-order valence-corrected chi connectivity index (χ1v) is 33.4. The van der Waals surface area contributed by atoms with E-state index >= 15 is 0 Å². The normalized spacial score (nSPS) is 14.6. The molecular weight excluding hydrogens is 1260 g/mol. The Morgan fingerprint density at radius 2 is 1.21 bits per heavy atom. The van der Waals surface area contributed by atoms with Gasteiger partial charge in [0, 0.05) is 80.9 Å². The minimum atomic E-state index is -4.43. The van der Waals surface area contributed by atoms with Gasteiger partial charge in [-0.25, -0.2) is 28.7 Å². The molecule has 11 heterocycles. The van der Waals surface area contributed by atoms with Crippen LogP contribution in [0.5, 0.6) is 11.6 Å². The Morgan fingerprint density at radius 3 is 1.86 bits per heavy atom. The van der Waals surface area contributed by atoms with Crippen LogP contribution < -0.4 is 40.4 Å². The summed E-state index contributed by atoms with van der Waals surface area (Å²) in [5.74, 6) is 3.57. The molecule has 4 aliphatic heterocycles. The lowest BCUT2D eigenvalue weighted by Gasteiger charge is -2.30. The molecule has 13 rings (SSSR count). The van der Waals surface area contributed by atoms with E-state index in [9.17, 15) is 26.5 Å². The van der Waals surface area contributed by atoms with Crippen molar-refractivity contribution in [3.63, 3.8) is 0 Å². The number of aromatic nitrogens is 10. The molecule has 0 amide bonds. The lowest BCUT2D eigenvalue weighted by Crippen LogP contribution is -2.31. The van der Waals surface area contributed by atoms with Gasteiger partial charge in [0.25, 0.3) is 0 Å². The molecule has 0 atom stereocenters. The van der Waals surface area contributed by atoms with Crippen LogP contribution in [0.4, 0.5) is 68.2 Å². The molecule has 18 nitrogen and oxygen atoms in total. The van der Waals surface area contributed by atoms with Gasteiger partial charge in [0.05, 0.1) is 81.7 Å². The summed E-state index contributed by atoms with van der Waals surface area (Å²) in [5.41, 5.74) is 5.84. The van der Waals surface area contributed by atoms with Crippen molar-refractivity contribution in [2.45, 2.75) is 83.6 Å². The third-order valence-corrected chi connectivity index (χ3v) is 17.9. The van der Waals surface area contributed by atoms with Crippen LogP contribution in [0.1, 0.15) is 77.9 Å². The maximum atomic E-state index is 14.2. The molecular formula is C64H63Cl3F5N16O2P. The number of hydrogen-bond acceptors (Lipinski definition) is 18. The summed E-state index contributed by atoms with van der Waals surface area (Å²) in [7, 11) is -2.37. The molecule has 7 aromatic heterocycles. The molecule has 0 bridgehead atoms. The lowest BCUT2D eigenvalue weighted by atomic mass is 10.1. The highest BCUT2D eigenvalue weighted by Gasteiger charge is 2.32. The molecule has 0 unspecified atom stereocenters. The van der Waals surface area contributed by atoms with Crippen LogP contribution in [0.3, 0.4) is 0 Å². The van der Waals surface area contributed by atoms with Gasteiger partial charge in [-0.1, -0.05) is 40.9 Å². The summed E-state index contributed by atoms with van der Waals surface area (Å²) in [5, 5.41) is 7.05. The van der Waals surface area contributed by atoms with Crippen molar-refractivity contribution < 1.29 is 31.3 Å². The quantitative estimate of drug-likeness (QED) is 0.0451. The predicted molar refractivity (Wildman–Crippen MR) is 346 cm³/mol. The number of pyridine rings is 4. The molecule has 0 radical (unpaired) electrons. The van der Waals surface area contributed by atoms with Crippen LogP contribution in [0.15, 0.2) is 128 Å². The van der Waals surface area contributed by atoms with Gasteiger partial charge >= 0.3 is 6.18 Å². The van der Waals surface area contributed by atoms with E-state index in [0.717, 1.165) is 129 Å². The van der Waals surface area contributed by atoms with Crippen LogP contribution >= 0.6 is 41.9 Å². The van der Waals surface area contributed by atoms with Crippen molar-refractivity contribution in [1.82, 2.24) is 49.8 Å². The third kappa shape index (κ3) is 16.4. The fraction of sp³-hybridized carbons (Fsp3) is 0.312. The molecule has 2 N–H and O–H groups in total. The van der Waals surface area contributed by atoms with E-state index in [-0.39, 0.29) is 23.7 Å². The van der Waals surface area contributed by atoms with Crippen molar-refractivity contribution in [2.24, 2.45) is 0 Å². The first-order chi connectivity index (χ1) is 43.9. The first-order valence-electron chi connectivity index (χ1n) is 29.6. The monoisotopic (exact) mass is 1320 g/mol. The molecule has 27 heteroatoms. The number of ether oxygens (including phenoxy) is 1. The Kier molecular flexibility index (Phi) is 20.3. The molecule has 0 saturated carbocycles. The smallest absolute Gasteiger partial charge is 0.416 e. The van der Waals surface area contributed by atoms with Crippen molar-refractivity contribution in [1.29, 1.82) is 0 Å². The maximum Gasteiger partial charge on any atom is 0.416 e. The van der Waals surface area contributed by atoms with E-state index in [0.29, 0.717) is 81.5 Å². The molecule has 4 aliphatic rings. The second-order valence-electron chi connectivity index (χ2n) is 22.4. The molecule has 0 aliphatic carbocycles. The maximum absolute atomic E-state index is 14.2. The van der Waals surface area contributed by atoms with Gasteiger partial charge in [-0.2, -0.15) is 18.2 Å². The van der Waals surface area contributed by atoms with Crippen LogP contribution in [-0.2, 0) is 49.6 Å². The zero-order valence-electron chi connectivity index (χ0n) is 49.7. The largest absolute Gasteiger partial charge is 0.436 e. The van der Waals surface area contributed by atoms with Gasteiger partial charge in [-0.15, -0.1) is 0 Å². The first kappa shape index (κ1) is 64.2. The lowest BCUT2D eigenvalue weighted by molar-refractivity contribution is -0.137. The molecule has 1 fully saturated rings. The molecule has 9 aromatic rings. The Hall–Kier alpha value is -8.37. The van der Waals surface area contributed by atoms with E-state index in [2.05, 4.69) is 60.3 Å². The van der Waals surface area contributed by atoms with E-state index in [4.69, 9.17) is 49.5 Å². The molecule has 91 heavy (non-hydrogen) atoms. The minimum Gasteiger partial charge on any atom is -0.436 e. The van der Waals surface area contributed by atoms with Gasteiger partial charge in [0.15, 0.2) is 29.1 Å². The van der Waals surface area contributed by atoms with E-state index in [1.165, 1.54) is 18.9 Å². The van der Waals surface area contributed by atoms with Gasteiger partial charge in [0.1, 0.15) is 35.5 Å². The summed E-state index contributed by atoms with van der Waals surface area (Å²) >= 11 is 18.5. The van der Waals surface area contributed by atoms with Gasteiger partial charge in [-0.05, 0) is 149 Å². The number of rotatable bonds is 14. The second kappa shape index (κ2) is 28.8. The van der Waals surface area contributed by atoms with Crippen molar-refractivity contribution >= 4 is 93.7 Å². The zero-order chi connectivity index (χ0) is 63.7. The van der Waals surface area contributed by atoms with Crippen molar-refractivity contribution in [3.8, 4) is 11.6 Å². The Labute approximate surface area is 538 Å². The standard InChI is InChI=1S/C25H26ClF3N6.C20H22ClN6OP.C19H15ClF2N4O/c26-20-8-6-18(25(27,28)29)13-17(20)16-35-12-2-1-5-21-24(35)33-23(15-30-21)32-22-9-7-19(14-31-22)34-10-3-4-11-34;1-29(2,28)18-8-7-15(11-24-18)25-17-12-23-16-6-4-10-27(20(16)26-17)13-14-5-3-9-22-19(14)21;20-18-13(14(21)5-6-15(18)22)11-26-8-2-4-16-19(26)25-17(10-24-16)27-12-3-1-7-23-9-12/h6-9,13-15H,1-5,10-12,16H2,(H,31,32,33);3,5,7-9,11-12H,4,6,10,13H2,1-2H3,(H,25,26);1,3,5-7,9-10H,2,4,8,11H2. The molecule has 2 aromatic carbocycles. The minimum absolute atomic E-state index is 0.0977. The topological polar surface area (TPSA) is 192 Å². The van der Waals surface area contributed by atoms with Gasteiger partial charge in [-0.3, -0.25) is 24.9 Å². The van der Waals surface area contributed by atoms with Crippen LogP contribution in [-0.4, -0.2) is 95.9 Å². The third-order valence-electron chi connectivity index (χ3n) is 15.5. The van der Waals surface area contributed by atoms with E-state index in [1.807, 2.05) is 46.3 Å². The number of fused-ring (bicyclic) bond motifs is 3. The Balaban J connectivity index is 0.000000142. The van der Waals surface area contributed by atoms with Gasteiger partial charge in [0.2, 0.25) is 5.88 Å². The summed E-state index contributed by atoms with van der Waals surface area (Å²) in [6.07, 6.45) is 17.4.